The van der Waals surface area contributed by atoms with Crippen LogP contribution in [0, 0.1) is 0 Å². The molecule has 3 rings (SSSR count). The standard InChI is InChI=1S/C19H20N2O4/c1-24-16-9-8-12(11-17(16)25-2)19(23)21-10-4-6-13-14(18(20)22)5-3-7-15(13)21/h3,5,7-9,11H,4,6,10H2,1-2H3,(H2,20,22). The van der Waals surface area contributed by atoms with E-state index in [1.54, 1.807) is 42.3 Å². The van der Waals surface area contributed by atoms with Crippen molar-refractivity contribution < 1.29 is 19.1 Å². The average Bonchev–Trinajstić information content (AvgIpc) is 2.65. The Balaban J connectivity index is 2.00. The number of primary amides is 1. The minimum atomic E-state index is -0.475. The molecule has 0 saturated carbocycles. The van der Waals surface area contributed by atoms with Crippen molar-refractivity contribution in [2.24, 2.45) is 5.73 Å². The monoisotopic (exact) mass is 340 g/mol. The molecule has 0 spiro atoms. The van der Waals surface area contributed by atoms with Crippen molar-refractivity contribution in [3.8, 4) is 11.5 Å². The number of nitrogens with two attached hydrogens (primary N) is 1. The molecule has 0 bridgehead atoms. The quantitative estimate of drug-likeness (QED) is 0.926. The Morgan fingerprint density at radius 3 is 2.52 bits per heavy atom. The van der Waals surface area contributed by atoms with E-state index < -0.39 is 5.91 Å². The zero-order valence-electron chi connectivity index (χ0n) is 14.2. The molecular formula is C19H20N2O4. The Morgan fingerprint density at radius 2 is 1.84 bits per heavy atom. The first-order chi connectivity index (χ1) is 12.1. The summed E-state index contributed by atoms with van der Waals surface area (Å²) in [6.07, 6.45) is 1.50. The normalized spacial score (nSPS) is 13.1. The number of hydrogen-bond acceptors (Lipinski definition) is 4. The van der Waals surface area contributed by atoms with Crippen LogP contribution >= 0.6 is 0 Å². The van der Waals surface area contributed by atoms with E-state index in [4.69, 9.17) is 15.2 Å². The fourth-order valence-electron chi connectivity index (χ4n) is 3.19. The zero-order chi connectivity index (χ0) is 18.0. The SMILES string of the molecule is COc1ccc(C(=O)N2CCCc3c(C(N)=O)cccc32)cc1OC. The second-order valence-electron chi connectivity index (χ2n) is 5.80. The van der Waals surface area contributed by atoms with E-state index in [0.29, 0.717) is 29.2 Å². The van der Waals surface area contributed by atoms with Crippen LogP contribution in [-0.4, -0.2) is 32.6 Å². The fraction of sp³-hybridized carbons (Fsp3) is 0.263. The molecule has 0 unspecified atom stereocenters. The van der Waals surface area contributed by atoms with E-state index in [9.17, 15) is 9.59 Å². The summed E-state index contributed by atoms with van der Waals surface area (Å²) in [5.41, 5.74) is 8.00. The van der Waals surface area contributed by atoms with Gasteiger partial charge in [-0.2, -0.15) is 0 Å². The summed E-state index contributed by atoms with van der Waals surface area (Å²) in [5.74, 6) is 0.436. The molecule has 0 radical (unpaired) electrons. The predicted molar refractivity (Wildman–Crippen MR) is 94.5 cm³/mol. The fourth-order valence-corrected chi connectivity index (χ4v) is 3.19. The van der Waals surface area contributed by atoms with Crippen LogP contribution in [0.2, 0.25) is 0 Å². The Hall–Kier alpha value is -3.02. The smallest absolute Gasteiger partial charge is 0.258 e. The van der Waals surface area contributed by atoms with Crippen molar-refractivity contribution in [1.82, 2.24) is 0 Å². The molecule has 1 aliphatic heterocycles. The molecule has 6 heteroatoms. The van der Waals surface area contributed by atoms with Crippen molar-refractivity contribution in [1.29, 1.82) is 0 Å². The van der Waals surface area contributed by atoms with Gasteiger partial charge in [0.05, 0.1) is 14.2 Å². The van der Waals surface area contributed by atoms with E-state index in [2.05, 4.69) is 0 Å². The molecule has 0 fully saturated rings. The van der Waals surface area contributed by atoms with Crippen LogP contribution in [0.15, 0.2) is 36.4 Å². The number of amides is 2. The summed E-state index contributed by atoms with van der Waals surface area (Å²) in [6, 6.07) is 10.4. The molecule has 0 aliphatic carbocycles. The van der Waals surface area contributed by atoms with Gasteiger partial charge in [0.2, 0.25) is 5.91 Å². The number of rotatable bonds is 4. The molecule has 130 valence electrons. The number of carbonyl (C=O) groups excluding carboxylic acids is 2. The van der Waals surface area contributed by atoms with Crippen LogP contribution < -0.4 is 20.1 Å². The highest BCUT2D eigenvalue weighted by Crippen LogP contribution is 2.33. The van der Waals surface area contributed by atoms with E-state index in [0.717, 1.165) is 24.1 Å². The maximum absolute atomic E-state index is 13.0. The molecule has 25 heavy (non-hydrogen) atoms. The van der Waals surface area contributed by atoms with Crippen molar-refractivity contribution in [2.75, 3.05) is 25.7 Å². The van der Waals surface area contributed by atoms with Gasteiger partial charge >= 0.3 is 0 Å². The minimum absolute atomic E-state index is 0.150. The van der Waals surface area contributed by atoms with E-state index in [1.807, 2.05) is 6.07 Å². The van der Waals surface area contributed by atoms with Crippen molar-refractivity contribution in [2.45, 2.75) is 12.8 Å². The number of nitrogens with zero attached hydrogens (tertiary/aromatic N) is 1. The van der Waals surface area contributed by atoms with E-state index in [1.165, 1.54) is 7.11 Å². The van der Waals surface area contributed by atoms with Crippen LogP contribution in [0.5, 0.6) is 11.5 Å². The van der Waals surface area contributed by atoms with Crippen LogP contribution in [0.1, 0.15) is 32.7 Å². The predicted octanol–water partition coefficient (Wildman–Crippen LogP) is 2.40. The largest absolute Gasteiger partial charge is 0.493 e. The Kier molecular flexibility index (Phi) is 4.61. The number of anilines is 1. The first-order valence-corrected chi connectivity index (χ1v) is 8.02. The van der Waals surface area contributed by atoms with Crippen molar-refractivity contribution >= 4 is 17.5 Å². The van der Waals surface area contributed by atoms with Crippen LogP contribution in [0.4, 0.5) is 5.69 Å². The third-order valence-electron chi connectivity index (χ3n) is 4.39. The summed E-state index contributed by atoms with van der Waals surface area (Å²) >= 11 is 0. The van der Waals surface area contributed by atoms with Crippen LogP contribution in [0.25, 0.3) is 0 Å². The van der Waals surface area contributed by atoms with E-state index in [-0.39, 0.29) is 5.91 Å². The number of carbonyl (C=O) groups is 2. The summed E-state index contributed by atoms with van der Waals surface area (Å²) < 4.78 is 10.5. The van der Waals surface area contributed by atoms with E-state index >= 15 is 0 Å². The first kappa shape index (κ1) is 16.8. The highest BCUT2D eigenvalue weighted by molar-refractivity contribution is 6.08. The molecule has 1 aliphatic rings. The maximum atomic E-state index is 13.0. The number of ether oxygens (including phenoxy) is 2. The lowest BCUT2D eigenvalue weighted by molar-refractivity contribution is 0.0977. The van der Waals surface area contributed by atoms with Gasteiger partial charge < -0.3 is 20.1 Å². The summed E-state index contributed by atoms with van der Waals surface area (Å²) in [6.45, 7) is 0.586. The van der Waals surface area contributed by atoms with Crippen LogP contribution in [0.3, 0.4) is 0 Å². The van der Waals surface area contributed by atoms with Gasteiger partial charge in [-0.3, -0.25) is 9.59 Å². The van der Waals surface area contributed by atoms with Crippen molar-refractivity contribution in [3.05, 3.63) is 53.1 Å². The van der Waals surface area contributed by atoms with Gasteiger partial charge in [-0.1, -0.05) is 6.07 Å². The number of hydrogen-bond donors (Lipinski definition) is 1. The lowest BCUT2D eigenvalue weighted by Crippen LogP contribution is -2.36. The highest BCUT2D eigenvalue weighted by Gasteiger charge is 2.26. The lowest BCUT2D eigenvalue weighted by atomic mass is 9.95. The molecule has 0 aromatic heterocycles. The minimum Gasteiger partial charge on any atom is -0.493 e. The van der Waals surface area contributed by atoms with Crippen LogP contribution in [-0.2, 0) is 6.42 Å². The third kappa shape index (κ3) is 3.03. The topological polar surface area (TPSA) is 81.9 Å². The summed E-state index contributed by atoms with van der Waals surface area (Å²) in [4.78, 5) is 26.4. The summed E-state index contributed by atoms with van der Waals surface area (Å²) in [5, 5.41) is 0. The molecule has 0 saturated heterocycles. The maximum Gasteiger partial charge on any atom is 0.258 e. The average molecular weight is 340 g/mol. The molecular weight excluding hydrogens is 320 g/mol. The van der Waals surface area contributed by atoms with Gasteiger partial charge in [0.15, 0.2) is 11.5 Å². The molecule has 0 atom stereocenters. The first-order valence-electron chi connectivity index (χ1n) is 8.02. The van der Waals surface area contributed by atoms with Crippen molar-refractivity contribution in [3.63, 3.8) is 0 Å². The molecule has 2 amide bonds. The molecule has 2 aromatic rings. The van der Waals surface area contributed by atoms with Gasteiger partial charge in [-0.15, -0.1) is 0 Å². The van der Waals surface area contributed by atoms with Gasteiger partial charge in [0.1, 0.15) is 0 Å². The third-order valence-corrected chi connectivity index (χ3v) is 4.39. The molecule has 2 N–H and O–H groups in total. The highest BCUT2D eigenvalue weighted by atomic mass is 16.5. The Labute approximate surface area is 146 Å². The number of fused-ring (bicyclic) bond motifs is 1. The second-order valence-corrected chi connectivity index (χ2v) is 5.80. The van der Waals surface area contributed by atoms with Gasteiger partial charge in [0.25, 0.3) is 5.91 Å². The lowest BCUT2D eigenvalue weighted by Gasteiger charge is -2.30. The Morgan fingerprint density at radius 1 is 1.08 bits per heavy atom. The molecule has 6 nitrogen and oxygen atoms in total. The summed E-state index contributed by atoms with van der Waals surface area (Å²) in [7, 11) is 3.08. The zero-order valence-corrected chi connectivity index (χ0v) is 14.2. The van der Waals surface area contributed by atoms with Gasteiger partial charge in [0, 0.05) is 23.4 Å². The number of methoxy groups -OCH3 is 2. The Bertz CT molecular complexity index is 832. The number of benzene rings is 2. The molecule has 1 heterocycles. The van der Waals surface area contributed by atoms with Gasteiger partial charge in [-0.25, -0.2) is 0 Å². The second kappa shape index (κ2) is 6.84. The molecule has 2 aromatic carbocycles. The van der Waals surface area contributed by atoms with Gasteiger partial charge in [-0.05, 0) is 48.7 Å².